The number of hydrogen-bond donors (Lipinski definition) is 1. The van der Waals surface area contributed by atoms with Gasteiger partial charge in [-0.25, -0.2) is 0 Å². The predicted molar refractivity (Wildman–Crippen MR) is 102 cm³/mol. The Bertz CT molecular complexity index is 903. The highest BCUT2D eigenvalue weighted by atomic mass is 32.1. The zero-order valence-corrected chi connectivity index (χ0v) is 14.7. The van der Waals surface area contributed by atoms with Crippen LogP contribution in [0.15, 0.2) is 47.3 Å². The Morgan fingerprint density at radius 3 is 2.67 bits per heavy atom. The Morgan fingerprint density at radius 1 is 1.12 bits per heavy atom. The highest BCUT2D eigenvalue weighted by Crippen LogP contribution is 2.29. The molecule has 2 heterocycles. The lowest BCUT2D eigenvalue weighted by Crippen LogP contribution is -2.32. The van der Waals surface area contributed by atoms with Gasteiger partial charge in [0.25, 0.3) is 0 Å². The number of aromatic nitrogens is 1. The van der Waals surface area contributed by atoms with E-state index in [2.05, 4.69) is 59.3 Å². The molecule has 24 heavy (non-hydrogen) atoms. The third kappa shape index (κ3) is 3.17. The first-order valence-corrected chi connectivity index (χ1v) is 9.44. The van der Waals surface area contributed by atoms with Gasteiger partial charge < -0.3 is 4.98 Å². The number of likely N-dealkylation sites (tertiary alicyclic amines) is 1. The number of piperidine rings is 1. The van der Waals surface area contributed by atoms with Gasteiger partial charge in [-0.15, -0.1) is 0 Å². The maximum Gasteiger partial charge on any atom is 0.305 e. The van der Waals surface area contributed by atoms with Crippen LogP contribution in [0, 0.1) is 5.92 Å². The van der Waals surface area contributed by atoms with E-state index in [0.29, 0.717) is 0 Å². The first-order chi connectivity index (χ1) is 11.7. The zero-order chi connectivity index (χ0) is 16.5. The molecule has 0 atom stereocenters. The number of rotatable bonds is 3. The van der Waals surface area contributed by atoms with Crippen molar-refractivity contribution < 1.29 is 0 Å². The summed E-state index contributed by atoms with van der Waals surface area (Å²) in [6.45, 7) is 5.46. The van der Waals surface area contributed by atoms with Crippen molar-refractivity contribution in [2.45, 2.75) is 26.3 Å². The monoisotopic (exact) mass is 338 g/mol. The van der Waals surface area contributed by atoms with E-state index in [1.165, 1.54) is 35.0 Å². The molecule has 2 aromatic carbocycles. The summed E-state index contributed by atoms with van der Waals surface area (Å²) >= 11 is 1.36. The standard InChI is InChI=1S/C20H22N2OS/c1-14-8-10-22(11-9-14)13-18-19(21-20(23)24-18)17-7-6-15-4-2-3-5-16(15)12-17/h2-7,12,14H,8-11,13H2,1H3,(H,21,23). The van der Waals surface area contributed by atoms with Crippen molar-refractivity contribution in [2.24, 2.45) is 5.92 Å². The molecule has 4 heteroatoms. The molecule has 3 aromatic rings. The molecule has 1 aliphatic heterocycles. The summed E-state index contributed by atoms with van der Waals surface area (Å²) in [6.07, 6.45) is 2.51. The molecular formula is C20H22N2OS. The van der Waals surface area contributed by atoms with Gasteiger partial charge in [0.2, 0.25) is 0 Å². The lowest BCUT2D eigenvalue weighted by molar-refractivity contribution is 0.187. The number of nitrogens with one attached hydrogen (secondary N) is 1. The maximum absolute atomic E-state index is 12.0. The molecule has 0 bridgehead atoms. The van der Waals surface area contributed by atoms with Crippen LogP contribution in [-0.4, -0.2) is 23.0 Å². The molecule has 0 unspecified atom stereocenters. The Balaban J connectivity index is 1.66. The summed E-state index contributed by atoms with van der Waals surface area (Å²) in [7, 11) is 0. The Labute approximate surface area is 146 Å². The van der Waals surface area contributed by atoms with Crippen LogP contribution in [0.2, 0.25) is 0 Å². The summed E-state index contributed by atoms with van der Waals surface area (Å²) in [4.78, 5) is 18.7. The molecule has 1 aromatic heterocycles. The summed E-state index contributed by atoms with van der Waals surface area (Å²) < 4.78 is 0. The highest BCUT2D eigenvalue weighted by Gasteiger charge is 2.19. The summed E-state index contributed by atoms with van der Waals surface area (Å²) in [5.74, 6) is 0.825. The molecule has 3 nitrogen and oxygen atoms in total. The highest BCUT2D eigenvalue weighted by molar-refractivity contribution is 7.09. The number of H-pyrrole nitrogens is 1. The number of nitrogens with zero attached hydrogens (tertiary/aromatic N) is 1. The fraction of sp³-hybridized carbons (Fsp3) is 0.350. The van der Waals surface area contributed by atoms with Crippen molar-refractivity contribution in [3.05, 3.63) is 57.0 Å². The lowest BCUT2D eigenvalue weighted by atomic mass is 9.99. The molecule has 1 N–H and O–H groups in total. The first-order valence-electron chi connectivity index (χ1n) is 8.62. The molecule has 1 fully saturated rings. The van der Waals surface area contributed by atoms with Crippen LogP contribution in [0.25, 0.3) is 22.0 Å². The number of thiazole rings is 1. The van der Waals surface area contributed by atoms with E-state index in [1.807, 2.05) is 0 Å². The van der Waals surface area contributed by atoms with Crippen LogP contribution in [0.5, 0.6) is 0 Å². The average molecular weight is 338 g/mol. The van der Waals surface area contributed by atoms with Crippen molar-refractivity contribution in [1.29, 1.82) is 0 Å². The molecule has 1 aliphatic rings. The Morgan fingerprint density at radius 2 is 1.88 bits per heavy atom. The molecule has 0 spiro atoms. The molecule has 0 radical (unpaired) electrons. The van der Waals surface area contributed by atoms with Gasteiger partial charge in [0.05, 0.1) is 5.69 Å². The average Bonchev–Trinajstić information content (AvgIpc) is 2.97. The fourth-order valence-corrected chi connectivity index (χ4v) is 4.37. The predicted octanol–water partition coefficient (Wildman–Crippen LogP) is 4.49. The molecule has 0 aliphatic carbocycles. The van der Waals surface area contributed by atoms with Gasteiger partial charge in [-0.1, -0.05) is 54.7 Å². The summed E-state index contributed by atoms with van der Waals surface area (Å²) in [6, 6.07) is 14.8. The zero-order valence-electron chi connectivity index (χ0n) is 13.9. The number of aromatic amines is 1. The van der Waals surface area contributed by atoms with Gasteiger partial charge in [0.1, 0.15) is 0 Å². The minimum atomic E-state index is 0.0403. The fourth-order valence-electron chi connectivity index (χ4n) is 3.47. The maximum atomic E-state index is 12.0. The van der Waals surface area contributed by atoms with Crippen LogP contribution in [0.4, 0.5) is 0 Å². The van der Waals surface area contributed by atoms with Crippen LogP contribution >= 0.6 is 11.3 Å². The van der Waals surface area contributed by atoms with Crippen LogP contribution in [-0.2, 0) is 6.54 Å². The van der Waals surface area contributed by atoms with Crippen molar-refractivity contribution in [3.63, 3.8) is 0 Å². The second-order valence-corrected chi connectivity index (χ2v) is 7.90. The van der Waals surface area contributed by atoms with Crippen molar-refractivity contribution in [1.82, 2.24) is 9.88 Å². The topological polar surface area (TPSA) is 36.1 Å². The molecular weight excluding hydrogens is 316 g/mol. The van der Waals surface area contributed by atoms with Gasteiger partial charge in [0.15, 0.2) is 0 Å². The first kappa shape index (κ1) is 15.6. The number of benzene rings is 2. The smallest absolute Gasteiger partial charge is 0.305 e. The summed E-state index contributed by atoms with van der Waals surface area (Å²) in [5.41, 5.74) is 2.10. The molecule has 4 rings (SSSR count). The molecule has 124 valence electrons. The lowest BCUT2D eigenvalue weighted by Gasteiger charge is -2.29. The van der Waals surface area contributed by atoms with E-state index in [9.17, 15) is 4.79 Å². The summed E-state index contributed by atoms with van der Waals surface area (Å²) in [5, 5.41) is 2.44. The van der Waals surface area contributed by atoms with Crippen molar-refractivity contribution in [3.8, 4) is 11.3 Å². The minimum absolute atomic E-state index is 0.0403. The van der Waals surface area contributed by atoms with E-state index >= 15 is 0 Å². The van der Waals surface area contributed by atoms with Gasteiger partial charge in [-0.05, 0) is 54.3 Å². The third-order valence-electron chi connectivity index (χ3n) is 5.00. The van der Waals surface area contributed by atoms with Crippen molar-refractivity contribution in [2.75, 3.05) is 13.1 Å². The second kappa shape index (κ2) is 6.54. The Kier molecular flexibility index (Phi) is 4.25. The number of hydrogen-bond acceptors (Lipinski definition) is 3. The van der Waals surface area contributed by atoms with E-state index in [0.717, 1.165) is 41.7 Å². The molecule has 0 amide bonds. The van der Waals surface area contributed by atoms with Crippen LogP contribution in [0.1, 0.15) is 24.6 Å². The largest absolute Gasteiger partial charge is 0.312 e. The van der Waals surface area contributed by atoms with E-state index in [-0.39, 0.29) is 4.87 Å². The normalized spacial score (nSPS) is 16.7. The van der Waals surface area contributed by atoms with E-state index in [1.54, 1.807) is 0 Å². The van der Waals surface area contributed by atoms with Crippen LogP contribution in [0.3, 0.4) is 0 Å². The van der Waals surface area contributed by atoms with Gasteiger partial charge in [-0.2, -0.15) is 0 Å². The third-order valence-corrected chi connectivity index (χ3v) is 5.87. The van der Waals surface area contributed by atoms with Gasteiger partial charge in [0, 0.05) is 11.4 Å². The number of fused-ring (bicyclic) bond motifs is 1. The van der Waals surface area contributed by atoms with E-state index < -0.39 is 0 Å². The van der Waals surface area contributed by atoms with E-state index in [4.69, 9.17) is 0 Å². The van der Waals surface area contributed by atoms with Gasteiger partial charge >= 0.3 is 4.87 Å². The van der Waals surface area contributed by atoms with Gasteiger partial charge in [-0.3, -0.25) is 9.69 Å². The molecule has 0 saturated carbocycles. The van der Waals surface area contributed by atoms with Crippen molar-refractivity contribution >= 4 is 22.1 Å². The SMILES string of the molecule is CC1CCN(Cc2sc(=O)[nH]c2-c2ccc3ccccc3c2)CC1. The Hall–Kier alpha value is -1.91. The second-order valence-electron chi connectivity index (χ2n) is 6.83. The molecule has 1 saturated heterocycles. The van der Waals surface area contributed by atoms with Crippen LogP contribution < -0.4 is 4.87 Å². The quantitative estimate of drug-likeness (QED) is 0.764. The minimum Gasteiger partial charge on any atom is -0.312 e.